The van der Waals surface area contributed by atoms with Crippen molar-refractivity contribution < 1.29 is 27.9 Å². The van der Waals surface area contributed by atoms with E-state index in [2.05, 4.69) is 0 Å². The number of rotatable bonds is 3. The summed E-state index contributed by atoms with van der Waals surface area (Å²) < 4.78 is 36.3. The molecular weight excluding hydrogens is 226 g/mol. The van der Waals surface area contributed by atoms with Gasteiger partial charge in [0.1, 0.15) is 6.04 Å². The predicted molar refractivity (Wildman–Crippen MR) is 50.3 cm³/mol. The van der Waals surface area contributed by atoms with E-state index in [0.29, 0.717) is 6.42 Å². The van der Waals surface area contributed by atoms with Gasteiger partial charge < -0.3 is 14.9 Å². The van der Waals surface area contributed by atoms with Crippen molar-refractivity contribution in [1.29, 1.82) is 0 Å². The van der Waals surface area contributed by atoms with Crippen LogP contribution in [0.5, 0.6) is 0 Å². The first-order valence-corrected chi connectivity index (χ1v) is 6.04. The molecule has 0 radical (unpaired) electrons. The molecule has 1 fully saturated rings. The van der Waals surface area contributed by atoms with Gasteiger partial charge in [-0.05, 0) is 6.42 Å². The maximum atomic E-state index is 10.5. The van der Waals surface area contributed by atoms with Crippen molar-refractivity contribution in [3.63, 3.8) is 0 Å². The fourth-order valence-electron chi connectivity index (χ4n) is 1.51. The Kier molecular flexibility index (Phi) is 4.04. The summed E-state index contributed by atoms with van der Waals surface area (Å²) >= 11 is 0. The smallest absolute Gasteiger partial charge is 0.333 e. The van der Waals surface area contributed by atoms with Crippen LogP contribution in [0.3, 0.4) is 0 Å². The number of aliphatic hydroxyl groups excluding tert-OH is 2. The summed E-state index contributed by atoms with van der Waals surface area (Å²) in [7, 11) is -4.46. The number of hydrogen-bond donors (Lipinski definition) is 4. The van der Waals surface area contributed by atoms with Gasteiger partial charge >= 0.3 is 10.3 Å². The van der Waals surface area contributed by atoms with E-state index in [0.717, 1.165) is 0 Å². The zero-order valence-corrected chi connectivity index (χ0v) is 9.01. The van der Waals surface area contributed by atoms with Crippen molar-refractivity contribution >= 4 is 10.3 Å². The number of nitrogens with one attached hydrogen (secondary N) is 1. The summed E-state index contributed by atoms with van der Waals surface area (Å²) in [6.45, 7) is 1.82. The fraction of sp³-hybridized carbons (Fsp3) is 1.00. The molecule has 15 heavy (non-hydrogen) atoms. The van der Waals surface area contributed by atoms with E-state index >= 15 is 0 Å². The van der Waals surface area contributed by atoms with Crippen molar-refractivity contribution in [2.24, 2.45) is 0 Å². The highest BCUT2D eigenvalue weighted by Gasteiger charge is 2.38. The lowest BCUT2D eigenvalue weighted by Crippen LogP contribution is -2.56. The molecule has 90 valence electrons. The predicted octanol–water partition coefficient (Wildman–Crippen LogP) is -1.37. The van der Waals surface area contributed by atoms with E-state index in [4.69, 9.17) is 9.29 Å². The van der Waals surface area contributed by atoms with E-state index in [9.17, 15) is 18.6 Å². The van der Waals surface area contributed by atoms with Crippen LogP contribution in [0.15, 0.2) is 0 Å². The zero-order chi connectivity index (χ0) is 11.6. The molecule has 0 spiro atoms. The molecule has 8 heteroatoms. The first kappa shape index (κ1) is 12.8. The Balaban J connectivity index is 2.66. The van der Waals surface area contributed by atoms with Gasteiger partial charge in [0.25, 0.3) is 0 Å². The third-order valence-electron chi connectivity index (χ3n) is 2.30. The molecule has 0 aromatic rings. The van der Waals surface area contributed by atoms with Crippen molar-refractivity contribution in [1.82, 2.24) is 4.72 Å². The Hall–Kier alpha value is -0.250. The van der Waals surface area contributed by atoms with Gasteiger partial charge in [-0.1, -0.05) is 6.92 Å². The van der Waals surface area contributed by atoms with Gasteiger partial charge in [-0.3, -0.25) is 4.55 Å². The second kappa shape index (κ2) is 4.73. The van der Waals surface area contributed by atoms with Crippen molar-refractivity contribution in [2.45, 2.75) is 44.3 Å². The van der Waals surface area contributed by atoms with Gasteiger partial charge in [0.15, 0.2) is 6.29 Å². The van der Waals surface area contributed by atoms with Gasteiger partial charge in [-0.15, -0.1) is 0 Å². The summed E-state index contributed by atoms with van der Waals surface area (Å²) in [6, 6.07) is -1.23. The summed E-state index contributed by atoms with van der Waals surface area (Å²) in [6.07, 6.45) is -2.04. The maximum absolute atomic E-state index is 10.5. The van der Waals surface area contributed by atoms with Gasteiger partial charge in [0, 0.05) is 6.42 Å². The minimum absolute atomic E-state index is 0.209. The molecule has 1 aliphatic rings. The second-order valence-electron chi connectivity index (χ2n) is 3.48. The van der Waals surface area contributed by atoms with Crippen LogP contribution in [-0.2, 0) is 15.0 Å². The summed E-state index contributed by atoms with van der Waals surface area (Å²) in [5, 5.41) is 18.9. The van der Waals surface area contributed by atoms with Crippen LogP contribution >= 0.6 is 0 Å². The Morgan fingerprint density at radius 3 is 2.47 bits per heavy atom. The molecule has 4 unspecified atom stereocenters. The molecular formula is C7H15NO6S. The summed E-state index contributed by atoms with van der Waals surface area (Å²) in [4.78, 5) is 0. The highest BCUT2D eigenvalue weighted by Crippen LogP contribution is 2.21. The average Bonchev–Trinajstić information content (AvgIpc) is 2.09. The monoisotopic (exact) mass is 241 g/mol. The van der Waals surface area contributed by atoms with E-state index < -0.39 is 28.7 Å². The molecule has 1 saturated heterocycles. The zero-order valence-electron chi connectivity index (χ0n) is 8.20. The van der Waals surface area contributed by atoms with Crippen LogP contribution in [0.1, 0.15) is 19.8 Å². The quantitative estimate of drug-likeness (QED) is 0.453. The fourth-order valence-corrected chi connectivity index (χ4v) is 2.13. The largest absolute Gasteiger partial charge is 0.391 e. The Bertz CT molecular complexity index is 293. The minimum Gasteiger partial charge on any atom is -0.391 e. The lowest BCUT2D eigenvalue weighted by atomic mass is 10.00. The molecule has 1 heterocycles. The van der Waals surface area contributed by atoms with E-state index in [1.54, 1.807) is 4.72 Å². The standard InChI is InChI=1S/C7H15NO6S/c1-2-4-3-5(9)6(7(10)14-4)8-15(11,12)13/h4-10H,2-3H2,1H3,(H,11,12,13). The molecule has 0 aromatic carbocycles. The third kappa shape index (κ3) is 3.67. The molecule has 1 aliphatic heterocycles. The minimum atomic E-state index is -4.46. The number of hydrogen-bond acceptors (Lipinski definition) is 5. The lowest BCUT2D eigenvalue weighted by Gasteiger charge is -2.36. The third-order valence-corrected chi connectivity index (χ3v) is 2.87. The molecule has 4 atom stereocenters. The van der Waals surface area contributed by atoms with Gasteiger partial charge in [0.2, 0.25) is 0 Å². The van der Waals surface area contributed by atoms with E-state index in [-0.39, 0.29) is 12.5 Å². The number of aliphatic hydroxyl groups is 2. The van der Waals surface area contributed by atoms with Crippen LogP contribution in [0.4, 0.5) is 0 Å². The SMILES string of the molecule is CCC1CC(O)C(NS(=O)(=O)O)C(O)O1. The second-order valence-corrected chi connectivity index (χ2v) is 4.66. The van der Waals surface area contributed by atoms with Gasteiger partial charge in [-0.25, -0.2) is 0 Å². The molecule has 1 rings (SSSR count). The van der Waals surface area contributed by atoms with Crippen LogP contribution < -0.4 is 4.72 Å². The summed E-state index contributed by atoms with van der Waals surface area (Å²) in [5.41, 5.74) is 0. The Morgan fingerprint density at radius 1 is 1.47 bits per heavy atom. The maximum Gasteiger partial charge on any atom is 0.333 e. The highest BCUT2D eigenvalue weighted by atomic mass is 32.2. The average molecular weight is 241 g/mol. The van der Waals surface area contributed by atoms with Crippen molar-refractivity contribution in [3.05, 3.63) is 0 Å². The molecule has 0 bridgehead atoms. The molecule has 0 aromatic heterocycles. The normalized spacial score (nSPS) is 37.9. The van der Waals surface area contributed by atoms with Crippen LogP contribution in [0.2, 0.25) is 0 Å². The van der Waals surface area contributed by atoms with E-state index in [1.807, 2.05) is 6.92 Å². The van der Waals surface area contributed by atoms with Crippen molar-refractivity contribution in [2.75, 3.05) is 0 Å². The van der Waals surface area contributed by atoms with E-state index in [1.165, 1.54) is 0 Å². The van der Waals surface area contributed by atoms with Gasteiger partial charge in [-0.2, -0.15) is 13.1 Å². The van der Waals surface area contributed by atoms with Crippen LogP contribution in [0, 0.1) is 0 Å². The molecule has 7 nitrogen and oxygen atoms in total. The number of ether oxygens (including phenoxy) is 1. The van der Waals surface area contributed by atoms with Gasteiger partial charge in [0.05, 0.1) is 12.2 Å². The first-order valence-electron chi connectivity index (χ1n) is 4.60. The molecule has 0 amide bonds. The highest BCUT2D eigenvalue weighted by molar-refractivity contribution is 7.83. The Morgan fingerprint density at radius 2 is 2.07 bits per heavy atom. The van der Waals surface area contributed by atoms with Crippen molar-refractivity contribution in [3.8, 4) is 0 Å². The van der Waals surface area contributed by atoms with Crippen LogP contribution in [0.25, 0.3) is 0 Å². The Labute approximate surface area is 87.9 Å². The topological polar surface area (TPSA) is 116 Å². The lowest BCUT2D eigenvalue weighted by molar-refractivity contribution is -0.203. The summed E-state index contributed by atoms with van der Waals surface area (Å²) in [5.74, 6) is 0. The molecule has 0 aliphatic carbocycles. The molecule has 0 saturated carbocycles. The van der Waals surface area contributed by atoms with Crippen LogP contribution in [-0.4, -0.2) is 47.7 Å². The molecule has 4 N–H and O–H groups in total. The first-order chi connectivity index (χ1) is 6.83.